The van der Waals surface area contributed by atoms with Gasteiger partial charge in [-0.15, -0.1) is 0 Å². The SMILES string of the molecule is CCCNC(=O)[C@@H](CC)N(Cc1ccccc1)C(=O)CN(c1cc(Cl)ccc1Cl)S(=O)(=O)c1ccc(C)cc1. The number of carbonyl (C=O) groups is 2. The van der Waals surface area contributed by atoms with E-state index in [0.717, 1.165) is 21.9 Å². The molecule has 0 aliphatic rings. The molecule has 7 nitrogen and oxygen atoms in total. The molecule has 1 atom stereocenters. The summed E-state index contributed by atoms with van der Waals surface area (Å²) in [5.41, 5.74) is 1.76. The first-order valence-electron chi connectivity index (χ1n) is 12.7. The van der Waals surface area contributed by atoms with Crippen molar-refractivity contribution >= 4 is 50.7 Å². The van der Waals surface area contributed by atoms with Crippen molar-refractivity contribution < 1.29 is 18.0 Å². The number of hydrogen-bond acceptors (Lipinski definition) is 4. The molecule has 208 valence electrons. The second kappa shape index (κ2) is 13.8. The summed E-state index contributed by atoms with van der Waals surface area (Å²) in [6, 6.07) is 19.2. The third-order valence-electron chi connectivity index (χ3n) is 6.20. The van der Waals surface area contributed by atoms with E-state index in [1.54, 1.807) is 18.2 Å². The number of amides is 2. The highest BCUT2D eigenvalue weighted by molar-refractivity contribution is 7.92. The molecule has 1 N–H and O–H groups in total. The third kappa shape index (κ3) is 7.75. The fourth-order valence-electron chi connectivity index (χ4n) is 4.09. The fraction of sp³-hybridized carbons (Fsp3) is 0.310. The van der Waals surface area contributed by atoms with Crippen molar-refractivity contribution in [1.82, 2.24) is 10.2 Å². The average molecular weight is 591 g/mol. The van der Waals surface area contributed by atoms with Gasteiger partial charge in [0.1, 0.15) is 12.6 Å². The average Bonchev–Trinajstić information content (AvgIpc) is 2.92. The van der Waals surface area contributed by atoms with Crippen LogP contribution in [-0.4, -0.2) is 44.3 Å². The van der Waals surface area contributed by atoms with Crippen molar-refractivity contribution in [2.24, 2.45) is 0 Å². The molecule has 0 heterocycles. The predicted molar refractivity (Wildman–Crippen MR) is 157 cm³/mol. The predicted octanol–water partition coefficient (Wildman–Crippen LogP) is 5.83. The maximum atomic E-state index is 14.0. The zero-order valence-corrected chi connectivity index (χ0v) is 24.6. The van der Waals surface area contributed by atoms with Gasteiger partial charge in [0, 0.05) is 18.1 Å². The lowest BCUT2D eigenvalue weighted by Gasteiger charge is -2.33. The molecule has 0 saturated heterocycles. The summed E-state index contributed by atoms with van der Waals surface area (Å²) in [4.78, 5) is 28.5. The Kier molecular flexibility index (Phi) is 10.8. The number of halogens is 2. The highest BCUT2D eigenvalue weighted by Gasteiger charge is 2.34. The summed E-state index contributed by atoms with van der Waals surface area (Å²) in [5.74, 6) is -0.846. The summed E-state index contributed by atoms with van der Waals surface area (Å²) in [5, 5.41) is 3.24. The molecule has 0 unspecified atom stereocenters. The number of carbonyl (C=O) groups excluding carboxylic acids is 2. The lowest BCUT2D eigenvalue weighted by Crippen LogP contribution is -2.52. The molecule has 10 heteroatoms. The first-order valence-corrected chi connectivity index (χ1v) is 14.9. The van der Waals surface area contributed by atoms with Crippen LogP contribution < -0.4 is 9.62 Å². The molecule has 0 bridgehead atoms. The highest BCUT2D eigenvalue weighted by Crippen LogP contribution is 2.33. The van der Waals surface area contributed by atoms with E-state index >= 15 is 0 Å². The van der Waals surface area contributed by atoms with E-state index in [2.05, 4.69) is 5.32 Å². The molecule has 0 aliphatic heterocycles. The van der Waals surface area contributed by atoms with E-state index in [1.165, 1.54) is 29.2 Å². The van der Waals surface area contributed by atoms with E-state index in [4.69, 9.17) is 23.2 Å². The first-order chi connectivity index (χ1) is 18.6. The molecule has 3 rings (SSSR count). The van der Waals surface area contributed by atoms with Gasteiger partial charge in [-0.2, -0.15) is 0 Å². The number of nitrogens with one attached hydrogen (secondary N) is 1. The van der Waals surface area contributed by atoms with Gasteiger partial charge < -0.3 is 10.2 Å². The molecule has 39 heavy (non-hydrogen) atoms. The van der Waals surface area contributed by atoms with Crippen LogP contribution in [0.5, 0.6) is 0 Å². The normalized spacial score (nSPS) is 12.0. The van der Waals surface area contributed by atoms with Crippen molar-refractivity contribution in [2.75, 3.05) is 17.4 Å². The van der Waals surface area contributed by atoms with Gasteiger partial charge >= 0.3 is 0 Å². The standard InChI is InChI=1S/C29H33Cl2N3O4S/c1-4-17-32-29(36)26(5-2)33(19-22-9-7-6-8-10-22)28(35)20-34(27-18-23(30)13-16-25(27)31)39(37,38)24-14-11-21(3)12-15-24/h6-16,18,26H,4-5,17,19-20H2,1-3H3,(H,32,36)/t26-/m1/s1. The lowest BCUT2D eigenvalue weighted by atomic mass is 10.1. The van der Waals surface area contributed by atoms with Crippen molar-refractivity contribution in [3.8, 4) is 0 Å². The second-order valence-electron chi connectivity index (χ2n) is 9.14. The number of anilines is 1. The van der Waals surface area contributed by atoms with Gasteiger partial charge in [-0.1, -0.05) is 85.1 Å². The van der Waals surface area contributed by atoms with E-state index in [1.807, 2.05) is 51.1 Å². The zero-order valence-electron chi connectivity index (χ0n) is 22.2. The van der Waals surface area contributed by atoms with Crippen molar-refractivity contribution in [3.05, 3.63) is 94.0 Å². The quantitative estimate of drug-likeness (QED) is 0.288. The molecule has 0 radical (unpaired) electrons. The minimum atomic E-state index is -4.24. The van der Waals surface area contributed by atoms with Gasteiger partial charge in [-0.3, -0.25) is 13.9 Å². The Balaban J connectivity index is 2.08. The smallest absolute Gasteiger partial charge is 0.264 e. The Bertz CT molecular complexity index is 1380. The van der Waals surface area contributed by atoms with E-state index in [0.29, 0.717) is 13.0 Å². The largest absolute Gasteiger partial charge is 0.354 e. The van der Waals surface area contributed by atoms with Crippen LogP contribution in [0.2, 0.25) is 10.0 Å². The van der Waals surface area contributed by atoms with E-state index < -0.39 is 28.5 Å². The fourth-order valence-corrected chi connectivity index (χ4v) is 5.95. The van der Waals surface area contributed by atoms with Gasteiger partial charge in [-0.25, -0.2) is 8.42 Å². The third-order valence-corrected chi connectivity index (χ3v) is 8.52. The van der Waals surface area contributed by atoms with Gasteiger partial charge in [0.25, 0.3) is 10.0 Å². The summed E-state index contributed by atoms with van der Waals surface area (Å²) in [6.45, 7) is 5.61. The molecule has 0 saturated carbocycles. The number of nitrogens with zero attached hydrogens (tertiary/aromatic N) is 2. The molecule has 0 spiro atoms. The summed E-state index contributed by atoms with van der Waals surface area (Å²) in [7, 11) is -4.24. The van der Waals surface area contributed by atoms with Crippen LogP contribution in [0, 0.1) is 6.92 Å². The van der Waals surface area contributed by atoms with Crippen LogP contribution in [0.15, 0.2) is 77.7 Å². The van der Waals surface area contributed by atoms with Crippen LogP contribution in [-0.2, 0) is 26.2 Å². The Morgan fingerprint density at radius 3 is 2.23 bits per heavy atom. The Morgan fingerprint density at radius 2 is 1.62 bits per heavy atom. The lowest BCUT2D eigenvalue weighted by molar-refractivity contribution is -0.140. The van der Waals surface area contributed by atoms with E-state index in [9.17, 15) is 18.0 Å². The second-order valence-corrected chi connectivity index (χ2v) is 11.8. The molecule has 0 aliphatic carbocycles. The molecular weight excluding hydrogens is 557 g/mol. The summed E-state index contributed by atoms with van der Waals surface area (Å²) >= 11 is 12.7. The van der Waals surface area contributed by atoms with Crippen molar-refractivity contribution in [3.63, 3.8) is 0 Å². The summed E-state index contributed by atoms with van der Waals surface area (Å²) < 4.78 is 28.8. The van der Waals surface area contributed by atoms with Crippen molar-refractivity contribution in [1.29, 1.82) is 0 Å². The van der Waals surface area contributed by atoms with Gasteiger partial charge in [0.15, 0.2) is 0 Å². The maximum Gasteiger partial charge on any atom is 0.264 e. The molecule has 0 fully saturated rings. The maximum absolute atomic E-state index is 14.0. The monoisotopic (exact) mass is 589 g/mol. The number of aryl methyl sites for hydroxylation is 1. The topological polar surface area (TPSA) is 86.8 Å². The highest BCUT2D eigenvalue weighted by atomic mass is 35.5. The van der Waals surface area contributed by atoms with Gasteiger partial charge in [-0.05, 0) is 55.7 Å². The van der Waals surface area contributed by atoms with Crippen LogP contribution >= 0.6 is 23.2 Å². The van der Waals surface area contributed by atoms with Crippen LogP contribution in [0.1, 0.15) is 37.8 Å². The molecule has 2 amide bonds. The van der Waals surface area contributed by atoms with Gasteiger partial charge in [0.05, 0.1) is 15.6 Å². The zero-order chi connectivity index (χ0) is 28.6. The summed E-state index contributed by atoms with van der Waals surface area (Å²) in [6.07, 6.45) is 1.08. The van der Waals surface area contributed by atoms with E-state index in [-0.39, 0.29) is 33.1 Å². The van der Waals surface area contributed by atoms with Crippen LogP contribution in [0.4, 0.5) is 5.69 Å². The molecule has 3 aromatic rings. The molecular formula is C29H33Cl2N3O4S. The minimum Gasteiger partial charge on any atom is -0.354 e. The number of benzene rings is 3. The number of hydrogen-bond donors (Lipinski definition) is 1. The minimum absolute atomic E-state index is 0.000665. The first kappa shape index (κ1) is 30.5. The number of rotatable bonds is 12. The Hall–Kier alpha value is -3.07. The Labute approximate surface area is 240 Å². The van der Waals surface area contributed by atoms with Gasteiger partial charge in [0.2, 0.25) is 11.8 Å². The van der Waals surface area contributed by atoms with Crippen LogP contribution in [0.25, 0.3) is 0 Å². The molecule has 0 aromatic heterocycles. The Morgan fingerprint density at radius 1 is 0.949 bits per heavy atom. The number of sulfonamides is 1. The van der Waals surface area contributed by atoms with Crippen molar-refractivity contribution in [2.45, 2.75) is 51.1 Å². The van der Waals surface area contributed by atoms with Crippen LogP contribution in [0.3, 0.4) is 0 Å². The molecule has 3 aromatic carbocycles.